The van der Waals surface area contributed by atoms with Crippen molar-refractivity contribution in [3.05, 3.63) is 0 Å². The fourth-order valence-electron chi connectivity index (χ4n) is 0. The summed E-state index contributed by atoms with van der Waals surface area (Å²) in [7, 11) is -3.12. The summed E-state index contributed by atoms with van der Waals surface area (Å²) >= 11 is 4.14. The highest BCUT2D eigenvalue weighted by molar-refractivity contribution is 7.66. The number of rotatable bonds is 0. The van der Waals surface area contributed by atoms with Gasteiger partial charge in [-0.3, -0.25) is 4.55 Å². The monoisotopic (exact) mass is 133 g/mol. The zero-order valence-electron chi connectivity index (χ0n) is 2.67. The van der Waals surface area contributed by atoms with Gasteiger partial charge in [0, 0.05) is 0 Å². The molecule has 0 aromatic carbocycles. The molecule has 0 aliphatic carbocycles. The fraction of sp³-hybridized carbons (Fsp3) is 0. The normalized spacial score (nSPS) is 6.67. The van der Waals surface area contributed by atoms with Crippen LogP contribution in [-0.2, 0) is 11.0 Å². The SMILES string of the molecule is NCl.O=[SH](=O)O. The molecule has 6 heteroatoms. The lowest BCUT2D eigenvalue weighted by molar-refractivity contribution is 0.509. The third-order valence-corrected chi connectivity index (χ3v) is 0. The van der Waals surface area contributed by atoms with E-state index in [0.717, 1.165) is 0 Å². The zero-order valence-corrected chi connectivity index (χ0v) is 4.32. The van der Waals surface area contributed by atoms with Crippen LogP contribution in [0.5, 0.6) is 0 Å². The minimum Gasteiger partial charge on any atom is -0.288 e. The largest absolute Gasteiger partial charge is 0.288 e. The molecule has 0 unspecified atom stereocenters. The Morgan fingerprint density at radius 1 is 1.50 bits per heavy atom. The first-order valence-corrected chi connectivity index (χ1v) is 2.35. The van der Waals surface area contributed by atoms with E-state index < -0.39 is 11.0 Å². The van der Waals surface area contributed by atoms with Gasteiger partial charge < -0.3 is 0 Å². The van der Waals surface area contributed by atoms with Gasteiger partial charge in [-0.15, -0.1) is 0 Å². The Morgan fingerprint density at radius 3 is 1.50 bits per heavy atom. The molecule has 0 amide bonds. The van der Waals surface area contributed by atoms with E-state index in [4.69, 9.17) is 13.0 Å². The van der Waals surface area contributed by atoms with Crippen molar-refractivity contribution in [3.8, 4) is 0 Å². The van der Waals surface area contributed by atoms with Crippen LogP contribution in [0.3, 0.4) is 0 Å². The van der Waals surface area contributed by atoms with Crippen LogP contribution in [0.25, 0.3) is 0 Å². The van der Waals surface area contributed by atoms with Crippen LogP contribution in [0.4, 0.5) is 0 Å². The Balaban J connectivity index is 0. The van der Waals surface area contributed by atoms with Crippen molar-refractivity contribution >= 4 is 22.8 Å². The lowest BCUT2D eigenvalue weighted by atomic mass is 14.0. The first kappa shape index (κ1) is 9.48. The Morgan fingerprint density at radius 2 is 1.50 bits per heavy atom. The van der Waals surface area contributed by atoms with E-state index in [2.05, 4.69) is 17.0 Å². The first-order chi connectivity index (χ1) is 2.73. The van der Waals surface area contributed by atoms with Gasteiger partial charge in [-0.2, -0.15) is 0 Å². The number of thiol groups is 1. The van der Waals surface area contributed by atoms with Crippen LogP contribution in [0.15, 0.2) is 0 Å². The maximum absolute atomic E-state index is 8.59. The molecular formula is H4ClNO3S. The molecule has 0 fully saturated rings. The average Bonchev–Trinajstić information content (AvgIpc) is 1.41. The van der Waals surface area contributed by atoms with Gasteiger partial charge in [-0.05, 0) is 11.8 Å². The van der Waals surface area contributed by atoms with Crippen LogP contribution in [0.2, 0.25) is 0 Å². The molecule has 0 rings (SSSR count). The molecule has 6 heavy (non-hydrogen) atoms. The van der Waals surface area contributed by atoms with Crippen LogP contribution < -0.4 is 5.25 Å². The summed E-state index contributed by atoms with van der Waals surface area (Å²) in [5.74, 6) is 0. The van der Waals surface area contributed by atoms with Crippen molar-refractivity contribution in [1.82, 2.24) is 0 Å². The molecule has 0 aromatic heterocycles. The van der Waals surface area contributed by atoms with Gasteiger partial charge in [0.25, 0.3) is 11.0 Å². The quantitative estimate of drug-likeness (QED) is 0.229. The minimum absolute atomic E-state index is 3.12. The van der Waals surface area contributed by atoms with Crippen molar-refractivity contribution in [2.45, 2.75) is 0 Å². The Hall–Kier alpha value is 0.160. The van der Waals surface area contributed by atoms with E-state index >= 15 is 0 Å². The van der Waals surface area contributed by atoms with E-state index in [1.54, 1.807) is 0 Å². The lowest BCUT2D eigenvalue weighted by Gasteiger charge is -1.43. The molecule has 0 saturated heterocycles. The van der Waals surface area contributed by atoms with Crippen LogP contribution in [0, 0.1) is 0 Å². The molecule has 0 aliphatic heterocycles. The van der Waals surface area contributed by atoms with E-state index in [-0.39, 0.29) is 0 Å². The molecule has 0 spiro atoms. The summed E-state index contributed by atoms with van der Waals surface area (Å²) in [5.41, 5.74) is 0. The molecule has 3 N–H and O–H groups in total. The maximum Gasteiger partial charge on any atom is 0.254 e. The molecule has 0 atom stereocenters. The highest BCUT2D eigenvalue weighted by atomic mass is 35.5. The summed E-state index contributed by atoms with van der Waals surface area (Å²) in [6.07, 6.45) is 0. The van der Waals surface area contributed by atoms with Gasteiger partial charge >= 0.3 is 0 Å². The van der Waals surface area contributed by atoms with Crippen LogP contribution in [-0.4, -0.2) is 13.0 Å². The van der Waals surface area contributed by atoms with E-state index in [1.165, 1.54) is 0 Å². The molecule has 40 valence electrons. The predicted molar refractivity (Wildman–Crippen MR) is 23.0 cm³/mol. The smallest absolute Gasteiger partial charge is 0.254 e. The Labute approximate surface area is 41.8 Å². The topological polar surface area (TPSA) is 80.4 Å². The van der Waals surface area contributed by atoms with Crippen molar-refractivity contribution in [2.75, 3.05) is 0 Å². The molecular weight excluding hydrogens is 130 g/mol. The van der Waals surface area contributed by atoms with Crippen LogP contribution in [0.1, 0.15) is 0 Å². The second-order valence-electron chi connectivity index (χ2n) is 0.238. The van der Waals surface area contributed by atoms with Gasteiger partial charge in [-0.25, -0.2) is 13.7 Å². The van der Waals surface area contributed by atoms with E-state index in [9.17, 15) is 0 Å². The molecule has 0 aromatic rings. The average molecular weight is 134 g/mol. The van der Waals surface area contributed by atoms with Gasteiger partial charge in [0.15, 0.2) is 0 Å². The maximum atomic E-state index is 8.59. The van der Waals surface area contributed by atoms with E-state index in [0.29, 0.717) is 0 Å². The zero-order chi connectivity index (χ0) is 5.58. The number of hydrogen-bond donors (Lipinski definition) is 3. The summed E-state index contributed by atoms with van der Waals surface area (Å²) in [6, 6.07) is 0. The van der Waals surface area contributed by atoms with Crippen molar-refractivity contribution in [3.63, 3.8) is 0 Å². The first-order valence-electron chi connectivity index (χ1n) is 0.783. The standard InChI is InChI=1S/ClH2N.H2O3S/c1-2;1-4(2)3/h2H2;4H,(H,1,2,3). The minimum atomic E-state index is -3.12. The molecule has 4 nitrogen and oxygen atoms in total. The second-order valence-corrected chi connectivity index (χ2v) is 0.714. The van der Waals surface area contributed by atoms with E-state index in [1.807, 2.05) is 0 Å². The van der Waals surface area contributed by atoms with Gasteiger partial charge in [0.05, 0.1) is 0 Å². The second kappa shape index (κ2) is 8.94. The van der Waals surface area contributed by atoms with Gasteiger partial charge in [0.1, 0.15) is 0 Å². The van der Waals surface area contributed by atoms with Gasteiger partial charge in [0.2, 0.25) is 0 Å². The number of hydrogen-bond acceptors (Lipinski definition) is 3. The van der Waals surface area contributed by atoms with Crippen molar-refractivity contribution in [2.24, 2.45) is 5.25 Å². The molecule has 0 aliphatic rings. The van der Waals surface area contributed by atoms with Crippen molar-refractivity contribution < 1.29 is 13.0 Å². The highest BCUT2D eigenvalue weighted by Gasteiger charge is 1.44. The molecule has 0 radical (unpaired) electrons. The molecule has 0 saturated carbocycles. The Kier molecular flexibility index (Phi) is 14.1. The predicted octanol–water partition coefficient (Wildman–Crippen LogP) is -0.830. The summed E-state index contributed by atoms with van der Waals surface area (Å²) < 4.78 is 24.2. The summed E-state index contributed by atoms with van der Waals surface area (Å²) in [5, 5.41) is 3.97. The number of nitrogens with two attached hydrogens (primary N) is 1. The number of halogens is 1. The van der Waals surface area contributed by atoms with Crippen molar-refractivity contribution in [1.29, 1.82) is 0 Å². The van der Waals surface area contributed by atoms with Gasteiger partial charge in [-0.1, -0.05) is 0 Å². The lowest BCUT2D eigenvalue weighted by Crippen LogP contribution is -1.58. The molecule has 0 heterocycles. The summed E-state index contributed by atoms with van der Waals surface area (Å²) in [4.78, 5) is 0. The summed E-state index contributed by atoms with van der Waals surface area (Å²) in [6.45, 7) is 0. The molecule has 0 bridgehead atoms. The third kappa shape index (κ3) is 1620. The fourth-order valence-corrected chi connectivity index (χ4v) is 0. The third-order valence-electron chi connectivity index (χ3n) is 0. The van der Waals surface area contributed by atoms with Crippen LogP contribution >= 0.6 is 11.8 Å². The Bertz CT molecular complexity index is 59.2. The highest BCUT2D eigenvalue weighted by Crippen LogP contribution is 1.27.